The number of rotatable bonds is 5. The summed E-state index contributed by atoms with van der Waals surface area (Å²) in [5.41, 5.74) is 2.33. The third kappa shape index (κ3) is 1.93. The van der Waals surface area contributed by atoms with E-state index in [0.717, 1.165) is 18.4 Å². The van der Waals surface area contributed by atoms with E-state index in [9.17, 15) is 5.11 Å². The van der Waals surface area contributed by atoms with Crippen LogP contribution >= 0.6 is 0 Å². The Bertz CT molecular complexity index is 324. The lowest BCUT2D eigenvalue weighted by Gasteiger charge is -2.17. The number of hydrogen-bond donors (Lipinski definition) is 1. The zero-order valence-electron chi connectivity index (χ0n) is 9.61. The highest BCUT2D eigenvalue weighted by atomic mass is 16.3. The fourth-order valence-electron chi connectivity index (χ4n) is 2.26. The van der Waals surface area contributed by atoms with Crippen molar-refractivity contribution in [2.45, 2.75) is 58.1 Å². The molecule has 0 bridgehead atoms. The third-order valence-electron chi connectivity index (χ3n) is 3.34. The molecule has 0 unspecified atom stereocenters. The Labute approximate surface area is 91.1 Å². The van der Waals surface area contributed by atoms with Gasteiger partial charge in [-0.15, -0.1) is 0 Å². The fraction of sp³-hybridized carbons (Fsp3) is 0.750. The predicted molar refractivity (Wildman–Crippen MR) is 59.7 cm³/mol. The van der Waals surface area contributed by atoms with Crippen molar-refractivity contribution in [3.05, 3.63) is 17.5 Å². The molecule has 3 nitrogen and oxygen atoms in total. The molecule has 1 heterocycles. The molecule has 0 amide bonds. The highest BCUT2D eigenvalue weighted by molar-refractivity contribution is 5.25. The SMILES string of the molecule is CCC(CC)n1ncc(CO)c1C1CC1. The molecule has 0 saturated heterocycles. The van der Waals surface area contributed by atoms with Gasteiger partial charge in [-0.05, 0) is 25.7 Å². The van der Waals surface area contributed by atoms with Gasteiger partial charge in [0.05, 0.1) is 18.8 Å². The van der Waals surface area contributed by atoms with E-state index in [4.69, 9.17) is 0 Å². The molecule has 1 aliphatic carbocycles. The maximum absolute atomic E-state index is 9.28. The minimum absolute atomic E-state index is 0.131. The van der Waals surface area contributed by atoms with Gasteiger partial charge in [-0.2, -0.15) is 5.10 Å². The van der Waals surface area contributed by atoms with Gasteiger partial charge in [0.15, 0.2) is 0 Å². The molecule has 0 radical (unpaired) electrons. The summed E-state index contributed by atoms with van der Waals surface area (Å²) in [4.78, 5) is 0. The number of nitrogens with zero attached hydrogens (tertiary/aromatic N) is 2. The molecule has 0 spiro atoms. The first kappa shape index (κ1) is 10.7. The van der Waals surface area contributed by atoms with E-state index in [1.807, 2.05) is 6.20 Å². The number of aliphatic hydroxyl groups is 1. The molecule has 1 saturated carbocycles. The predicted octanol–water partition coefficient (Wildman–Crippen LogP) is 2.61. The Kier molecular flexibility index (Phi) is 3.10. The summed E-state index contributed by atoms with van der Waals surface area (Å²) in [7, 11) is 0. The van der Waals surface area contributed by atoms with Gasteiger partial charge >= 0.3 is 0 Å². The van der Waals surface area contributed by atoms with Crippen LogP contribution in [-0.2, 0) is 6.61 Å². The van der Waals surface area contributed by atoms with Gasteiger partial charge in [-0.1, -0.05) is 13.8 Å². The second-order valence-electron chi connectivity index (χ2n) is 4.40. The highest BCUT2D eigenvalue weighted by Gasteiger charge is 2.31. The van der Waals surface area contributed by atoms with Crippen LogP contribution in [-0.4, -0.2) is 14.9 Å². The summed E-state index contributed by atoms with van der Waals surface area (Å²) < 4.78 is 2.16. The zero-order chi connectivity index (χ0) is 10.8. The summed E-state index contributed by atoms with van der Waals surface area (Å²) in [6.07, 6.45) is 6.59. The van der Waals surface area contributed by atoms with Crippen molar-refractivity contribution in [1.82, 2.24) is 9.78 Å². The molecule has 0 aromatic carbocycles. The molecule has 3 heteroatoms. The molecular formula is C12H20N2O. The Morgan fingerprint density at radius 3 is 2.60 bits per heavy atom. The van der Waals surface area contributed by atoms with Crippen molar-refractivity contribution in [3.63, 3.8) is 0 Å². The van der Waals surface area contributed by atoms with Crippen molar-refractivity contribution in [3.8, 4) is 0 Å². The topological polar surface area (TPSA) is 38.0 Å². The van der Waals surface area contributed by atoms with Crippen molar-refractivity contribution >= 4 is 0 Å². The van der Waals surface area contributed by atoms with Crippen LogP contribution in [0.15, 0.2) is 6.20 Å². The highest BCUT2D eigenvalue weighted by Crippen LogP contribution is 2.42. The van der Waals surface area contributed by atoms with Crippen LogP contribution in [0.2, 0.25) is 0 Å². The minimum Gasteiger partial charge on any atom is -0.392 e. The number of aromatic nitrogens is 2. The Balaban J connectivity index is 2.32. The Morgan fingerprint density at radius 2 is 2.13 bits per heavy atom. The molecule has 1 aromatic rings. The lowest BCUT2D eigenvalue weighted by atomic mass is 10.1. The van der Waals surface area contributed by atoms with Gasteiger partial charge in [0, 0.05) is 17.2 Å². The molecule has 1 fully saturated rings. The van der Waals surface area contributed by atoms with Gasteiger partial charge in [0.1, 0.15) is 0 Å². The second kappa shape index (κ2) is 4.35. The van der Waals surface area contributed by atoms with E-state index >= 15 is 0 Å². The van der Waals surface area contributed by atoms with E-state index in [1.165, 1.54) is 18.5 Å². The fourth-order valence-corrected chi connectivity index (χ4v) is 2.26. The van der Waals surface area contributed by atoms with Gasteiger partial charge in [-0.25, -0.2) is 0 Å². The largest absolute Gasteiger partial charge is 0.392 e. The zero-order valence-corrected chi connectivity index (χ0v) is 9.61. The number of aliphatic hydroxyl groups excluding tert-OH is 1. The molecule has 1 N–H and O–H groups in total. The molecule has 0 atom stereocenters. The maximum Gasteiger partial charge on any atom is 0.0715 e. The first-order valence-electron chi connectivity index (χ1n) is 5.98. The molecular weight excluding hydrogens is 188 g/mol. The molecule has 15 heavy (non-hydrogen) atoms. The summed E-state index contributed by atoms with van der Waals surface area (Å²) in [5.74, 6) is 0.662. The van der Waals surface area contributed by atoms with Crippen LogP contribution in [0.5, 0.6) is 0 Å². The summed E-state index contributed by atoms with van der Waals surface area (Å²) in [6, 6.07) is 0.501. The molecule has 0 aliphatic heterocycles. The van der Waals surface area contributed by atoms with Crippen LogP contribution in [0.3, 0.4) is 0 Å². The Morgan fingerprint density at radius 1 is 1.47 bits per heavy atom. The average Bonchev–Trinajstić information content (AvgIpc) is 3.01. The van der Waals surface area contributed by atoms with E-state index in [-0.39, 0.29) is 6.61 Å². The van der Waals surface area contributed by atoms with E-state index in [0.29, 0.717) is 12.0 Å². The van der Waals surface area contributed by atoms with Crippen molar-refractivity contribution in [1.29, 1.82) is 0 Å². The molecule has 2 rings (SSSR count). The standard InChI is InChI=1S/C12H20N2O/c1-3-11(4-2)14-12(9-5-6-9)10(8-15)7-13-14/h7,9,11,15H,3-6,8H2,1-2H3. The van der Waals surface area contributed by atoms with Crippen molar-refractivity contribution in [2.24, 2.45) is 0 Å². The lowest BCUT2D eigenvalue weighted by molar-refractivity contribution is 0.279. The third-order valence-corrected chi connectivity index (χ3v) is 3.34. The van der Waals surface area contributed by atoms with Crippen LogP contribution in [0.1, 0.15) is 62.7 Å². The molecule has 1 aromatic heterocycles. The first-order valence-corrected chi connectivity index (χ1v) is 5.98. The smallest absolute Gasteiger partial charge is 0.0715 e. The number of hydrogen-bond acceptors (Lipinski definition) is 2. The van der Waals surface area contributed by atoms with Gasteiger partial charge < -0.3 is 5.11 Å². The minimum atomic E-state index is 0.131. The van der Waals surface area contributed by atoms with Gasteiger partial charge in [0.2, 0.25) is 0 Å². The van der Waals surface area contributed by atoms with Crippen LogP contribution < -0.4 is 0 Å². The van der Waals surface area contributed by atoms with E-state index in [1.54, 1.807) is 0 Å². The average molecular weight is 208 g/mol. The normalized spacial score (nSPS) is 16.3. The molecule has 1 aliphatic rings. The first-order chi connectivity index (χ1) is 7.31. The summed E-state index contributed by atoms with van der Waals surface area (Å²) >= 11 is 0. The Hall–Kier alpha value is -0.830. The van der Waals surface area contributed by atoms with Gasteiger partial charge in [0.25, 0.3) is 0 Å². The van der Waals surface area contributed by atoms with E-state index < -0.39 is 0 Å². The van der Waals surface area contributed by atoms with Crippen LogP contribution in [0.4, 0.5) is 0 Å². The van der Waals surface area contributed by atoms with E-state index in [2.05, 4.69) is 23.6 Å². The summed E-state index contributed by atoms with van der Waals surface area (Å²) in [5, 5.41) is 13.7. The van der Waals surface area contributed by atoms with Crippen LogP contribution in [0, 0.1) is 0 Å². The second-order valence-corrected chi connectivity index (χ2v) is 4.40. The van der Waals surface area contributed by atoms with Gasteiger partial charge in [-0.3, -0.25) is 4.68 Å². The monoisotopic (exact) mass is 208 g/mol. The maximum atomic E-state index is 9.28. The quantitative estimate of drug-likeness (QED) is 0.807. The van der Waals surface area contributed by atoms with Crippen LogP contribution in [0.25, 0.3) is 0 Å². The van der Waals surface area contributed by atoms with Crippen molar-refractivity contribution in [2.75, 3.05) is 0 Å². The molecule has 84 valence electrons. The van der Waals surface area contributed by atoms with Crippen molar-refractivity contribution < 1.29 is 5.11 Å². The lowest BCUT2D eigenvalue weighted by Crippen LogP contribution is -2.12. The summed E-state index contributed by atoms with van der Waals surface area (Å²) in [6.45, 7) is 4.53.